The smallest absolute Gasteiger partial charge is 0.272 e. The summed E-state index contributed by atoms with van der Waals surface area (Å²) in [5, 5.41) is 13.8. The number of amides is 2. The zero-order chi connectivity index (χ0) is 17.8. The van der Waals surface area contributed by atoms with E-state index in [4.69, 9.17) is 0 Å². The Hall–Kier alpha value is -3.16. The Morgan fingerprint density at radius 3 is 2.68 bits per heavy atom. The van der Waals surface area contributed by atoms with Crippen molar-refractivity contribution in [1.82, 2.24) is 30.0 Å². The first-order chi connectivity index (χ1) is 12.0. The SMILES string of the molecule is Cc1cc(C)n(CCNC(=O)CNC(=O)c2cc3ccccn3n2)n1. The highest BCUT2D eigenvalue weighted by molar-refractivity contribution is 5.95. The molecule has 0 fully saturated rings. The van der Waals surface area contributed by atoms with Crippen LogP contribution in [0.1, 0.15) is 21.9 Å². The van der Waals surface area contributed by atoms with Gasteiger partial charge >= 0.3 is 0 Å². The highest BCUT2D eigenvalue weighted by Gasteiger charge is 2.12. The van der Waals surface area contributed by atoms with Crippen LogP contribution in [-0.2, 0) is 11.3 Å². The molecule has 0 aromatic carbocycles. The van der Waals surface area contributed by atoms with Gasteiger partial charge < -0.3 is 10.6 Å². The molecule has 0 saturated carbocycles. The van der Waals surface area contributed by atoms with Gasteiger partial charge in [-0.3, -0.25) is 14.3 Å². The molecule has 0 radical (unpaired) electrons. The average molecular weight is 340 g/mol. The van der Waals surface area contributed by atoms with Crippen LogP contribution in [0, 0.1) is 13.8 Å². The second-order valence-electron chi connectivity index (χ2n) is 5.78. The number of hydrogen-bond donors (Lipinski definition) is 2. The van der Waals surface area contributed by atoms with Gasteiger partial charge in [0, 0.05) is 18.4 Å². The number of fused-ring (bicyclic) bond motifs is 1. The number of nitrogens with zero attached hydrogens (tertiary/aromatic N) is 4. The minimum absolute atomic E-state index is 0.0934. The molecule has 8 heteroatoms. The van der Waals surface area contributed by atoms with Crippen LogP contribution >= 0.6 is 0 Å². The molecule has 3 aromatic heterocycles. The third kappa shape index (κ3) is 4.03. The summed E-state index contributed by atoms with van der Waals surface area (Å²) < 4.78 is 3.45. The van der Waals surface area contributed by atoms with E-state index in [0.29, 0.717) is 13.1 Å². The van der Waals surface area contributed by atoms with Gasteiger partial charge in [-0.2, -0.15) is 10.2 Å². The molecule has 0 atom stereocenters. The molecule has 0 aliphatic carbocycles. The molecule has 3 aromatic rings. The Kier molecular flexibility index (Phi) is 4.78. The third-order valence-corrected chi connectivity index (χ3v) is 3.76. The van der Waals surface area contributed by atoms with E-state index >= 15 is 0 Å². The molecule has 3 rings (SSSR count). The van der Waals surface area contributed by atoms with Crippen LogP contribution in [0.5, 0.6) is 0 Å². The van der Waals surface area contributed by atoms with Gasteiger partial charge in [-0.1, -0.05) is 6.07 Å². The molecular formula is C17H20N6O2. The first kappa shape index (κ1) is 16.7. The van der Waals surface area contributed by atoms with E-state index in [1.165, 1.54) is 0 Å². The summed E-state index contributed by atoms with van der Waals surface area (Å²) in [5.41, 5.74) is 3.10. The van der Waals surface area contributed by atoms with Gasteiger partial charge in [-0.15, -0.1) is 0 Å². The van der Waals surface area contributed by atoms with Gasteiger partial charge in [0.15, 0.2) is 5.69 Å². The van der Waals surface area contributed by atoms with Crippen molar-refractivity contribution in [1.29, 1.82) is 0 Å². The lowest BCUT2D eigenvalue weighted by atomic mass is 10.3. The quantitative estimate of drug-likeness (QED) is 0.690. The van der Waals surface area contributed by atoms with Gasteiger partial charge in [0.2, 0.25) is 5.91 Å². The highest BCUT2D eigenvalue weighted by Crippen LogP contribution is 2.05. The second-order valence-corrected chi connectivity index (χ2v) is 5.78. The number of nitrogens with one attached hydrogen (secondary N) is 2. The number of aromatic nitrogens is 4. The molecular weight excluding hydrogens is 320 g/mol. The molecule has 2 amide bonds. The summed E-state index contributed by atoms with van der Waals surface area (Å²) in [6, 6.07) is 9.22. The molecule has 0 saturated heterocycles. The number of rotatable bonds is 6. The predicted molar refractivity (Wildman–Crippen MR) is 92.2 cm³/mol. The molecule has 0 aliphatic rings. The van der Waals surface area contributed by atoms with Gasteiger partial charge in [0.05, 0.1) is 24.3 Å². The number of carbonyl (C=O) groups is 2. The standard InChI is InChI=1S/C17H20N6O2/c1-12-9-13(2)22(20-12)8-6-18-16(24)11-19-17(25)15-10-14-5-3-4-7-23(14)21-15/h3-5,7,9-10H,6,8,11H2,1-2H3,(H,18,24)(H,19,25). The Bertz CT molecular complexity index is 878. The van der Waals surface area contributed by atoms with Crippen LogP contribution in [0.3, 0.4) is 0 Å². The average Bonchev–Trinajstić information content (AvgIpc) is 3.15. The highest BCUT2D eigenvalue weighted by atomic mass is 16.2. The van der Waals surface area contributed by atoms with Crippen LogP contribution in [0.2, 0.25) is 0 Å². The maximum atomic E-state index is 12.1. The first-order valence-electron chi connectivity index (χ1n) is 8.03. The van der Waals surface area contributed by atoms with E-state index in [1.54, 1.807) is 16.8 Å². The van der Waals surface area contributed by atoms with Crippen molar-refractivity contribution >= 4 is 17.3 Å². The summed E-state index contributed by atoms with van der Waals surface area (Å²) in [7, 11) is 0. The zero-order valence-electron chi connectivity index (χ0n) is 14.2. The fraction of sp³-hybridized carbons (Fsp3) is 0.294. The largest absolute Gasteiger partial charge is 0.353 e. The van der Waals surface area contributed by atoms with E-state index in [1.807, 2.05) is 42.8 Å². The Balaban J connectivity index is 1.45. The van der Waals surface area contributed by atoms with Crippen molar-refractivity contribution in [3.8, 4) is 0 Å². The Morgan fingerprint density at radius 1 is 1.12 bits per heavy atom. The van der Waals surface area contributed by atoms with Crippen LogP contribution in [0.4, 0.5) is 0 Å². The molecule has 2 N–H and O–H groups in total. The van der Waals surface area contributed by atoms with Gasteiger partial charge in [0.25, 0.3) is 5.91 Å². The maximum absolute atomic E-state index is 12.1. The Morgan fingerprint density at radius 2 is 1.96 bits per heavy atom. The van der Waals surface area contributed by atoms with Crippen LogP contribution < -0.4 is 10.6 Å². The fourth-order valence-electron chi connectivity index (χ4n) is 2.57. The van der Waals surface area contributed by atoms with E-state index < -0.39 is 0 Å². The van der Waals surface area contributed by atoms with Crippen molar-refractivity contribution in [2.24, 2.45) is 0 Å². The molecule has 3 heterocycles. The number of aryl methyl sites for hydroxylation is 2. The van der Waals surface area contributed by atoms with Crippen molar-refractivity contribution in [3.63, 3.8) is 0 Å². The summed E-state index contributed by atoms with van der Waals surface area (Å²) in [4.78, 5) is 23.9. The molecule has 0 unspecified atom stereocenters. The zero-order valence-corrected chi connectivity index (χ0v) is 14.2. The molecule has 130 valence electrons. The summed E-state index contributed by atoms with van der Waals surface area (Å²) in [6.45, 7) is 4.84. The predicted octanol–water partition coefficient (Wildman–Crippen LogP) is 0.694. The summed E-state index contributed by atoms with van der Waals surface area (Å²) in [6.07, 6.45) is 1.76. The molecule has 25 heavy (non-hydrogen) atoms. The Labute approximate surface area is 144 Å². The number of pyridine rings is 1. The lowest BCUT2D eigenvalue weighted by Crippen LogP contribution is -2.38. The van der Waals surface area contributed by atoms with Gasteiger partial charge in [0.1, 0.15) is 0 Å². The van der Waals surface area contributed by atoms with Crippen molar-refractivity contribution in [2.45, 2.75) is 20.4 Å². The normalized spacial score (nSPS) is 10.8. The first-order valence-corrected chi connectivity index (χ1v) is 8.03. The molecule has 0 bridgehead atoms. The van der Waals surface area contributed by atoms with E-state index in [2.05, 4.69) is 20.8 Å². The van der Waals surface area contributed by atoms with Crippen LogP contribution in [0.25, 0.3) is 5.52 Å². The van der Waals surface area contributed by atoms with Crippen molar-refractivity contribution < 1.29 is 9.59 Å². The van der Waals surface area contributed by atoms with Crippen molar-refractivity contribution in [2.75, 3.05) is 13.1 Å². The topological polar surface area (TPSA) is 93.3 Å². The van der Waals surface area contributed by atoms with E-state index in [0.717, 1.165) is 16.9 Å². The minimum atomic E-state index is -0.377. The fourth-order valence-corrected chi connectivity index (χ4v) is 2.57. The number of carbonyl (C=O) groups excluding carboxylic acids is 2. The number of hydrogen-bond acceptors (Lipinski definition) is 4. The molecule has 0 aliphatic heterocycles. The lowest BCUT2D eigenvalue weighted by Gasteiger charge is -2.07. The summed E-state index contributed by atoms with van der Waals surface area (Å²) in [5.74, 6) is -0.629. The van der Waals surface area contributed by atoms with E-state index in [-0.39, 0.29) is 24.1 Å². The van der Waals surface area contributed by atoms with Crippen LogP contribution in [0.15, 0.2) is 36.5 Å². The lowest BCUT2D eigenvalue weighted by molar-refractivity contribution is -0.120. The molecule has 8 nitrogen and oxygen atoms in total. The van der Waals surface area contributed by atoms with Gasteiger partial charge in [-0.25, -0.2) is 4.52 Å². The van der Waals surface area contributed by atoms with Crippen LogP contribution in [-0.4, -0.2) is 44.3 Å². The summed E-state index contributed by atoms with van der Waals surface area (Å²) >= 11 is 0. The van der Waals surface area contributed by atoms with Crippen molar-refractivity contribution in [3.05, 3.63) is 53.6 Å². The van der Waals surface area contributed by atoms with E-state index in [9.17, 15) is 9.59 Å². The molecule has 0 spiro atoms. The minimum Gasteiger partial charge on any atom is -0.353 e. The second kappa shape index (κ2) is 7.16. The third-order valence-electron chi connectivity index (χ3n) is 3.76. The maximum Gasteiger partial charge on any atom is 0.272 e. The van der Waals surface area contributed by atoms with Gasteiger partial charge in [-0.05, 0) is 38.1 Å². The monoisotopic (exact) mass is 340 g/mol.